The van der Waals surface area contributed by atoms with Crippen LogP contribution in [0.1, 0.15) is 31.9 Å². The Kier molecular flexibility index (Phi) is 5.78. The summed E-state index contributed by atoms with van der Waals surface area (Å²) < 4.78 is 6.16. The lowest BCUT2D eigenvalue weighted by Crippen LogP contribution is -2.50. The molecule has 2 rings (SSSR count). The molecule has 1 saturated heterocycles. The van der Waals surface area contributed by atoms with Crippen molar-refractivity contribution >= 4 is 27.7 Å². The number of nitrogens with one attached hydrogen (secondary N) is 2. The van der Waals surface area contributed by atoms with Gasteiger partial charge in [0.05, 0.1) is 6.10 Å². The highest BCUT2D eigenvalue weighted by Crippen LogP contribution is 2.25. The predicted molar refractivity (Wildman–Crippen MR) is 88.7 cm³/mol. The van der Waals surface area contributed by atoms with E-state index in [9.17, 15) is 14.7 Å². The van der Waals surface area contributed by atoms with Crippen LogP contribution in [0.3, 0.4) is 0 Å². The monoisotopic (exact) mass is 384 g/mol. The van der Waals surface area contributed by atoms with Gasteiger partial charge in [-0.1, -0.05) is 28.1 Å². The van der Waals surface area contributed by atoms with Gasteiger partial charge < -0.3 is 20.5 Å². The number of aliphatic hydroxyl groups is 1. The summed E-state index contributed by atoms with van der Waals surface area (Å²) in [6.07, 6.45) is 0.128. The topological polar surface area (TPSA) is 87.7 Å². The zero-order valence-corrected chi connectivity index (χ0v) is 14.7. The predicted octanol–water partition coefficient (Wildman–Crippen LogP) is 1.28. The Morgan fingerprint density at radius 2 is 2.26 bits per heavy atom. The molecule has 0 bridgehead atoms. The van der Waals surface area contributed by atoms with E-state index in [4.69, 9.17) is 4.74 Å². The molecule has 7 heteroatoms. The number of rotatable bonds is 5. The van der Waals surface area contributed by atoms with Crippen LogP contribution in [0.2, 0.25) is 0 Å². The normalized spacial score (nSPS) is 25.0. The van der Waals surface area contributed by atoms with Crippen molar-refractivity contribution in [1.29, 1.82) is 0 Å². The average molecular weight is 385 g/mol. The molecule has 1 aromatic rings. The Labute approximate surface area is 143 Å². The van der Waals surface area contributed by atoms with E-state index in [1.165, 1.54) is 6.92 Å². The van der Waals surface area contributed by atoms with Gasteiger partial charge in [-0.2, -0.15) is 0 Å². The number of benzene rings is 1. The number of carbonyl (C=O) groups is 2. The van der Waals surface area contributed by atoms with Crippen molar-refractivity contribution in [1.82, 2.24) is 10.6 Å². The van der Waals surface area contributed by atoms with E-state index < -0.39 is 11.6 Å². The Morgan fingerprint density at radius 1 is 1.52 bits per heavy atom. The first-order valence-corrected chi connectivity index (χ1v) is 8.25. The van der Waals surface area contributed by atoms with Crippen molar-refractivity contribution in [3.63, 3.8) is 0 Å². The summed E-state index contributed by atoms with van der Waals surface area (Å²) in [6.45, 7) is 3.68. The second kappa shape index (κ2) is 7.42. The maximum Gasteiger partial charge on any atom is 0.247 e. The maximum atomic E-state index is 12.5. The number of hydrogen-bond donors (Lipinski definition) is 3. The lowest BCUT2D eigenvalue weighted by molar-refractivity contribution is -0.129. The second-order valence-corrected chi connectivity index (χ2v) is 6.69. The molecular weight excluding hydrogens is 364 g/mol. The summed E-state index contributed by atoms with van der Waals surface area (Å²) in [6, 6.07) is 6.36. The fourth-order valence-electron chi connectivity index (χ4n) is 2.53. The highest BCUT2D eigenvalue weighted by Gasteiger charge is 2.40. The van der Waals surface area contributed by atoms with Gasteiger partial charge in [-0.05, 0) is 24.6 Å². The van der Waals surface area contributed by atoms with E-state index in [2.05, 4.69) is 26.6 Å². The van der Waals surface area contributed by atoms with Gasteiger partial charge in [-0.15, -0.1) is 0 Å². The quantitative estimate of drug-likeness (QED) is 0.713. The van der Waals surface area contributed by atoms with Gasteiger partial charge in [0.25, 0.3) is 0 Å². The van der Waals surface area contributed by atoms with Crippen molar-refractivity contribution < 1.29 is 19.4 Å². The lowest BCUT2D eigenvalue weighted by atomic mass is 9.96. The number of amides is 2. The van der Waals surface area contributed by atoms with Crippen LogP contribution >= 0.6 is 15.9 Å². The SMILES string of the molecule is CC(=O)NC(C(=O)NCC1(O)CCOC1C)c1cccc(Br)c1. The first kappa shape index (κ1) is 17.9. The molecule has 23 heavy (non-hydrogen) atoms. The van der Waals surface area contributed by atoms with Crippen LogP contribution in [0, 0.1) is 0 Å². The number of carbonyl (C=O) groups excluding carboxylic acids is 2. The molecule has 1 fully saturated rings. The van der Waals surface area contributed by atoms with Gasteiger partial charge in [-0.25, -0.2) is 0 Å². The first-order chi connectivity index (χ1) is 10.8. The van der Waals surface area contributed by atoms with Crippen molar-refractivity contribution in [3.05, 3.63) is 34.3 Å². The Bertz CT molecular complexity index is 595. The fraction of sp³-hybridized carbons (Fsp3) is 0.500. The molecule has 0 radical (unpaired) electrons. The van der Waals surface area contributed by atoms with E-state index in [-0.39, 0.29) is 24.5 Å². The van der Waals surface area contributed by atoms with E-state index in [1.54, 1.807) is 25.1 Å². The minimum Gasteiger partial charge on any atom is -0.385 e. The van der Waals surface area contributed by atoms with E-state index in [1.807, 2.05) is 6.07 Å². The van der Waals surface area contributed by atoms with Crippen LogP contribution in [0.5, 0.6) is 0 Å². The van der Waals surface area contributed by atoms with Crippen LogP contribution in [0.4, 0.5) is 0 Å². The fourth-order valence-corrected chi connectivity index (χ4v) is 2.95. The van der Waals surface area contributed by atoms with Crippen LogP contribution < -0.4 is 10.6 Å². The third kappa shape index (κ3) is 4.53. The van der Waals surface area contributed by atoms with Crippen molar-refractivity contribution in [3.8, 4) is 0 Å². The summed E-state index contributed by atoms with van der Waals surface area (Å²) in [5.74, 6) is -0.674. The minimum absolute atomic E-state index is 0.0804. The summed E-state index contributed by atoms with van der Waals surface area (Å²) in [5, 5.41) is 15.8. The van der Waals surface area contributed by atoms with Crippen LogP contribution in [0.15, 0.2) is 28.7 Å². The number of halogens is 1. The largest absolute Gasteiger partial charge is 0.385 e. The average Bonchev–Trinajstić information content (AvgIpc) is 2.82. The third-order valence-electron chi connectivity index (χ3n) is 4.02. The molecule has 1 heterocycles. The molecular formula is C16H21BrN2O4. The molecule has 3 unspecified atom stereocenters. The first-order valence-electron chi connectivity index (χ1n) is 7.46. The zero-order valence-electron chi connectivity index (χ0n) is 13.1. The molecule has 1 aliphatic rings. The molecule has 0 aliphatic carbocycles. The highest BCUT2D eigenvalue weighted by molar-refractivity contribution is 9.10. The number of hydrogen-bond acceptors (Lipinski definition) is 4. The smallest absolute Gasteiger partial charge is 0.247 e. The van der Waals surface area contributed by atoms with Crippen LogP contribution in [-0.2, 0) is 14.3 Å². The van der Waals surface area contributed by atoms with Gasteiger partial charge >= 0.3 is 0 Å². The zero-order chi connectivity index (χ0) is 17.0. The molecule has 3 N–H and O–H groups in total. The standard InChI is InChI=1S/C16H21BrN2O4/c1-10-16(22,6-7-23-10)9-18-15(21)14(19-11(2)20)12-4-3-5-13(17)8-12/h3-5,8,10,14,22H,6-7,9H2,1-2H3,(H,18,21)(H,19,20). The molecule has 126 valence electrons. The van der Waals surface area contributed by atoms with Crippen molar-refractivity contribution in [2.24, 2.45) is 0 Å². The molecule has 2 amide bonds. The van der Waals surface area contributed by atoms with Gasteiger partial charge in [0.15, 0.2) is 0 Å². The van der Waals surface area contributed by atoms with Gasteiger partial charge in [0.1, 0.15) is 11.6 Å². The second-order valence-electron chi connectivity index (χ2n) is 5.77. The summed E-state index contributed by atoms with van der Waals surface area (Å²) in [5.41, 5.74) is -0.414. The van der Waals surface area contributed by atoms with E-state index in [0.717, 1.165) is 4.47 Å². The minimum atomic E-state index is -1.08. The Balaban J connectivity index is 2.09. The van der Waals surface area contributed by atoms with Crippen LogP contribution in [-0.4, -0.2) is 41.8 Å². The van der Waals surface area contributed by atoms with Gasteiger partial charge in [0, 0.05) is 31.0 Å². The maximum absolute atomic E-state index is 12.5. The molecule has 1 aromatic carbocycles. The van der Waals surface area contributed by atoms with Crippen molar-refractivity contribution in [2.45, 2.75) is 38.0 Å². The molecule has 0 spiro atoms. The van der Waals surface area contributed by atoms with Gasteiger partial charge in [0.2, 0.25) is 11.8 Å². The molecule has 0 saturated carbocycles. The summed E-state index contributed by atoms with van der Waals surface area (Å²) in [4.78, 5) is 23.9. The molecule has 0 aromatic heterocycles. The molecule has 3 atom stereocenters. The van der Waals surface area contributed by atoms with E-state index in [0.29, 0.717) is 18.6 Å². The molecule has 6 nitrogen and oxygen atoms in total. The lowest BCUT2D eigenvalue weighted by Gasteiger charge is -2.27. The van der Waals surface area contributed by atoms with Gasteiger partial charge in [-0.3, -0.25) is 9.59 Å². The van der Waals surface area contributed by atoms with E-state index >= 15 is 0 Å². The highest BCUT2D eigenvalue weighted by atomic mass is 79.9. The van der Waals surface area contributed by atoms with Crippen LogP contribution in [0.25, 0.3) is 0 Å². The number of ether oxygens (including phenoxy) is 1. The summed E-state index contributed by atoms with van der Waals surface area (Å²) >= 11 is 3.35. The third-order valence-corrected chi connectivity index (χ3v) is 4.51. The summed E-state index contributed by atoms with van der Waals surface area (Å²) in [7, 11) is 0. The molecule has 1 aliphatic heterocycles. The van der Waals surface area contributed by atoms with Crippen molar-refractivity contribution in [2.75, 3.05) is 13.2 Å². The Morgan fingerprint density at radius 3 is 2.83 bits per heavy atom. The Hall–Kier alpha value is -1.44.